The van der Waals surface area contributed by atoms with Gasteiger partial charge in [-0.25, -0.2) is 4.98 Å². The van der Waals surface area contributed by atoms with Gasteiger partial charge in [0.2, 0.25) is 5.91 Å². The lowest BCUT2D eigenvalue weighted by molar-refractivity contribution is -0.134. The number of rotatable bonds is 6. The summed E-state index contributed by atoms with van der Waals surface area (Å²) >= 11 is 0. The van der Waals surface area contributed by atoms with E-state index in [0.717, 1.165) is 25.2 Å². The van der Waals surface area contributed by atoms with Crippen LogP contribution in [-0.4, -0.2) is 69.2 Å². The number of amides is 1. The van der Waals surface area contributed by atoms with E-state index in [-0.39, 0.29) is 5.91 Å². The van der Waals surface area contributed by atoms with Crippen LogP contribution < -0.4 is 0 Å². The molecule has 0 unspecified atom stereocenters. The number of aliphatic hydroxyl groups is 1. The number of β-amino-alcohol motifs (C(OH)–C–C–N with tert-alkyl or cyclic N) is 1. The minimum Gasteiger partial charge on any atom is -0.385 e. The zero-order valence-corrected chi connectivity index (χ0v) is 16.3. The minimum atomic E-state index is -0.980. The van der Waals surface area contributed by atoms with Gasteiger partial charge in [0, 0.05) is 38.4 Å². The summed E-state index contributed by atoms with van der Waals surface area (Å²) in [6, 6.07) is 10.3. The van der Waals surface area contributed by atoms with E-state index in [1.807, 2.05) is 47.8 Å². The van der Waals surface area contributed by atoms with Crippen molar-refractivity contribution in [2.75, 3.05) is 33.2 Å². The fourth-order valence-corrected chi connectivity index (χ4v) is 3.80. The lowest BCUT2D eigenvalue weighted by Gasteiger charge is -2.33. The van der Waals surface area contributed by atoms with Gasteiger partial charge in [-0.3, -0.25) is 4.79 Å². The molecule has 1 N–H and O–H groups in total. The monoisotopic (exact) mass is 370 g/mol. The molecule has 0 bridgehead atoms. The normalized spacial score (nSPS) is 21.2. The third-order valence-corrected chi connectivity index (χ3v) is 5.24. The summed E-state index contributed by atoms with van der Waals surface area (Å²) in [6.45, 7) is 4.70. The highest BCUT2D eigenvalue weighted by molar-refractivity contribution is 5.76. The molecule has 1 aliphatic rings. The molecule has 0 radical (unpaired) electrons. The van der Waals surface area contributed by atoms with Gasteiger partial charge < -0.3 is 19.5 Å². The molecular formula is C21H30N4O2. The van der Waals surface area contributed by atoms with Crippen molar-refractivity contribution in [3.05, 3.63) is 54.1 Å². The smallest absolute Gasteiger partial charge is 0.222 e. The van der Waals surface area contributed by atoms with E-state index < -0.39 is 5.60 Å². The third-order valence-electron chi connectivity index (χ3n) is 5.24. The van der Waals surface area contributed by atoms with Crippen molar-refractivity contribution in [1.82, 2.24) is 19.4 Å². The molecule has 146 valence electrons. The molecule has 1 aromatic carbocycles. The van der Waals surface area contributed by atoms with Crippen LogP contribution in [0.5, 0.6) is 0 Å². The predicted molar refractivity (Wildman–Crippen MR) is 105 cm³/mol. The fourth-order valence-electron chi connectivity index (χ4n) is 3.80. The van der Waals surface area contributed by atoms with Crippen LogP contribution in [0.1, 0.15) is 24.2 Å². The van der Waals surface area contributed by atoms with Crippen LogP contribution in [0.25, 0.3) is 0 Å². The lowest BCUT2D eigenvalue weighted by Crippen LogP contribution is -2.50. The van der Waals surface area contributed by atoms with E-state index in [4.69, 9.17) is 0 Å². The van der Waals surface area contributed by atoms with E-state index >= 15 is 0 Å². The number of benzene rings is 1. The molecule has 0 saturated carbocycles. The fraction of sp³-hybridized carbons (Fsp3) is 0.524. The first kappa shape index (κ1) is 19.6. The van der Waals surface area contributed by atoms with Gasteiger partial charge in [-0.15, -0.1) is 0 Å². The number of aromatic nitrogens is 2. The SMILES string of the molecule is Cc1nccn1C[C@]1(O)CN(C)CCN(C(=O)CCCc2ccccc2)C1. The van der Waals surface area contributed by atoms with Crippen molar-refractivity contribution < 1.29 is 9.90 Å². The molecule has 6 heteroatoms. The van der Waals surface area contributed by atoms with Gasteiger partial charge in [0.05, 0.1) is 13.1 Å². The molecule has 27 heavy (non-hydrogen) atoms. The van der Waals surface area contributed by atoms with Crippen LogP contribution in [0.15, 0.2) is 42.7 Å². The topological polar surface area (TPSA) is 61.6 Å². The maximum absolute atomic E-state index is 12.8. The molecule has 0 spiro atoms. The first-order chi connectivity index (χ1) is 13.0. The van der Waals surface area contributed by atoms with Gasteiger partial charge in [0.1, 0.15) is 11.4 Å². The molecule has 2 heterocycles. The summed E-state index contributed by atoms with van der Waals surface area (Å²) in [4.78, 5) is 21.0. The standard InChI is InChI=1S/C21H30N4O2/c1-18-22-11-12-24(18)16-21(27)15-23(2)13-14-25(17-21)20(26)10-6-9-19-7-4-3-5-8-19/h3-5,7-8,11-12,27H,6,9-10,13-17H2,1-2H3/t21-/m1/s1. The minimum absolute atomic E-state index is 0.127. The van der Waals surface area contributed by atoms with Gasteiger partial charge >= 0.3 is 0 Å². The molecule has 1 saturated heterocycles. The summed E-state index contributed by atoms with van der Waals surface area (Å²) in [6.07, 6.45) is 5.86. The highest BCUT2D eigenvalue weighted by Gasteiger charge is 2.36. The molecule has 1 fully saturated rings. The molecule has 2 aromatic rings. The molecule has 1 aliphatic heterocycles. The third kappa shape index (κ3) is 5.40. The Morgan fingerprint density at radius 1 is 1.22 bits per heavy atom. The van der Waals surface area contributed by atoms with Crippen molar-refractivity contribution in [2.24, 2.45) is 0 Å². The van der Waals surface area contributed by atoms with E-state index in [1.54, 1.807) is 6.20 Å². The number of nitrogens with zero attached hydrogens (tertiary/aromatic N) is 4. The van der Waals surface area contributed by atoms with Crippen molar-refractivity contribution in [2.45, 2.75) is 38.3 Å². The van der Waals surface area contributed by atoms with Crippen molar-refractivity contribution >= 4 is 5.91 Å². The Hall–Kier alpha value is -2.18. The van der Waals surface area contributed by atoms with E-state index in [2.05, 4.69) is 22.0 Å². The van der Waals surface area contributed by atoms with Gasteiger partial charge in [0.25, 0.3) is 0 Å². The quantitative estimate of drug-likeness (QED) is 0.841. The first-order valence-corrected chi connectivity index (χ1v) is 9.66. The van der Waals surface area contributed by atoms with Crippen LogP contribution in [0.4, 0.5) is 0 Å². The summed E-state index contributed by atoms with van der Waals surface area (Å²) in [5.41, 5.74) is 0.277. The number of carbonyl (C=O) groups is 1. The Balaban J connectivity index is 1.60. The molecule has 1 amide bonds. The molecule has 0 aliphatic carbocycles. The van der Waals surface area contributed by atoms with Crippen molar-refractivity contribution in [1.29, 1.82) is 0 Å². The number of aryl methyl sites for hydroxylation is 2. The summed E-state index contributed by atoms with van der Waals surface area (Å²) in [5, 5.41) is 11.3. The molecule has 1 aromatic heterocycles. The second-order valence-corrected chi connectivity index (χ2v) is 7.72. The second-order valence-electron chi connectivity index (χ2n) is 7.72. The van der Waals surface area contributed by atoms with Crippen molar-refractivity contribution in [3.8, 4) is 0 Å². The van der Waals surface area contributed by atoms with Crippen LogP contribution >= 0.6 is 0 Å². The Morgan fingerprint density at radius 3 is 2.70 bits per heavy atom. The average molecular weight is 370 g/mol. The number of hydrogen-bond acceptors (Lipinski definition) is 4. The zero-order chi connectivity index (χ0) is 19.3. The van der Waals surface area contributed by atoms with Crippen LogP contribution in [-0.2, 0) is 17.8 Å². The number of carbonyl (C=O) groups excluding carboxylic acids is 1. The Labute approximate surface area is 161 Å². The average Bonchev–Trinajstić information content (AvgIpc) is 2.95. The molecule has 1 atom stereocenters. The second kappa shape index (κ2) is 8.67. The predicted octanol–water partition coefficient (Wildman–Crippen LogP) is 1.72. The highest BCUT2D eigenvalue weighted by Crippen LogP contribution is 2.18. The van der Waals surface area contributed by atoms with Gasteiger partial charge in [-0.2, -0.15) is 0 Å². The van der Waals surface area contributed by atoms with Gasteiger partial charge in [0.15, 0.2) is 0 Å². The Kier molecular flexibility index (Phi) is 6.29. The largest absolute Gasteiger partial charge is 0.385 e. The van der Waals surface area contributed by atoms with Crippen LogP contribution in [0.2, 0.25) is 0 Å². The number of hydrogen-bond donors (Lipinski definition) is 1. The zero-order valence-electron chi connectivity index (χ0n) is 16.3. The number of imidazole rings is 1. The van der Waals surface area contributed by atoms with Crippen LogP contribution in [0.3, 0.4) is 0 Å². The summed E-state index contributed by atoms with van der Waals surface area (Å²) < 4.78 is 1.96. The van der Waals surface area contributed by atoms with E-state index in [9.17, 15) is 9.90 Å². The Bertz CT molecular complexity index is 746. The Morgan fingerprint density at radius 2 is 2.00 bits per heavy atom. The highest BCUT2D eigenvalue weighted by atomic mass is 16.3. The van der Waals surface area contributed by atoms with Gasteiger partial charge in [-0.05, 0) is 32.4 Å². The molecular weight excluding hydrogens is 340 g/mol. The maximum atomic E-state index is 12.8. The molecule has 3 rings (SSSR count). The van der Waals surface area contributed by atoms with E-state index in [1.165, 1.54) is 5.56 Å². The summed E-state index contributed by atoms with van der Waals surface area (Å²) in [7, 11) is 2.00. The first-order valence-electron chi connectivity index (χ1n) is 9.66. The molecule has 6 nitrogen and oxygen atoms in total. The maximum Gasteiger partial charge on any atom is 0.222 e. The summed E-state index contributed by atoms with van der Waals surface area (Å²) in [5.74, 6) is 0.998. The van der Waals surface area contributed by atoms with Crippen molar-refractivity contribution in [3.63, 3.8) is 0 Å². The van der Waals surface area contributed by atoms with E-state index in [0.29, 0.717) is 32.6 Å². The lowest BCUT2D eigenvalue weighted by atomic mass is 10.0. The number of likely N-dealkylation sites (N-methyl/N-ethyl adjacent to an activating group) is 1. The van der Waals surface area contributed by atoms with Crippen LogP contribution in [0, 0.1) is 6.92 Å². The van der Waals surface area contributed by atoms with Gasteiger partial charge in [-0.1, -0.05) is 30.3 Å².